The molecule has 172 valence electrons. The van der Waals surface area contributed by atoms with Crippen LogP contribution in [0.15, 0.2) is 120 Å². The van der Waals surface area contributed by atoms with Crippen LogP contribution in [0.25, 0.3) is 55.5 Å². The molecule has 2 heterocycles. The van der Waals surface area contributed by atoms with Crippen LogP contribution in [0.2, 0.25) is 0 Å². The van der Waals surface area contributed by atoms with Gasteiger partial charge in [0.25, 0.3) is 0 Å². The Balaban J connectivity index is 1.45. The SMILES string of the molecule is CC1(C)c2cc(-c3ccccc3-c3ccc4ccccc4n3)ccc2-c2ccccc2-c2ccoc21. The fraction of sp³-hybridized carbons (Fsp3) is 0.0882. The molecule has 2 aromatic heterocycles. The molecule has 0 saturated heterocycles. The Morgan fingerprint density at radius 2 is 1.28 bits per heavy atom. The van der Waals surface area contributed by atoms with Crippen molar-refractivity contribution < 1.29 is 4.42 Å². The molecule has 0 spiro atoms. The fourth-order valence-corrected chi connectivity index (χ4v) is 5.72. The van der Waals surface area contributed by atoms with Gasteiger partial charge in [-0.05, 0) is 71.5 Å². The predicted octanol–water partition coefficient (Wildman–Crippen LogP) is 9.14. The van der Waals surface area contributed by atoms with Crippen LogP contribution < -0.4 is 0 Å². The van der Waals surface area contributed by atoms with Crippen LogP contribution in [0, 0.1) is 0 Å². The van der Waals surface area contributed by atoms with Crippen molar-refractivity contribution in [1.29, 1.82) is 0 Å². The Hall–Kier alpha value is -4.43. The summed E-state index contributed by atoms with van der Waals surface area (Å²) in [6, 6.07) is 38.7. The van der Waals surface area contributed by atoms with E-state index in [1.165, 1.54) is 38.9 Å². The van der Waals surface area contributed by atoms with Gasteiger partial charge in [-0.1, -0.05) is 84.9 Å². The van der Waals surface area contributed by atoms with E-state index in [4.69, 9.17) is 9.40 Å². The molecule has 4 aromatic carbocycles. The Morgan fingerprint density at radius 1 is 0.583 bits per heavy atom. The van der Waals surface area contributed by atoms with E-state index in [-0.39, 0.29) is 5.41 Å². The normalized spacial score (nSPS) is 13.5. The van der Waals surface area contributed by atoms with Gasteiger partial charge in [0.05, 0.1) is 17.5 Å². The van der Waals surface area contributed by atoms with Crippen molar-refractivity contribution in [3.05, 3.63) is 127 Å². The zero-order valence-electron chi connectivity index (χ0n) is 20.3. The molecule has 0 amide bonds. The molecular formula is C34H25NO. The van der Waals surface area contributed by atoms with Gasteiger partial charge in [0.1, 0.15) is 5.76 Å². The van der Waals surface area contributed by atoms with Gasteiger partial charge in [0.2, 0.25) is 0 Å². The molecule has 0 fully saturated rings. The quantitative estimate of drug-likeness (QED) is 0.256. The number of aromatic nitrogens is 1. The summed E-state index contributed by atoms with van der Waals surface area (Å²) in [6.45, 7) is 4.53. The van der Waals surface area contributed by atoms with E-state index in [0.29, 0.717) is 0 Å². The molecule has 0 aliphatic heterocycles. The fourth-order valence-electron chi connectivity index (χ4n) is 5.72. The summed E-state index contributed by atoms with van der Waals surface area (Å²) >= 11 is 0. The molecular weight excluding hydrogens is 438 g/mol. The number of furan rings is 1. The van der Waals surface area contributed by atoms with Gasteiger partial charge in [0, 0.05) is 21.9 Å². The molecule has 1 aliphatic carbocycles. The second-order valence-corrected chi connectivity index (χ2v) is 10.0. The molecule has 0 atom stereocenters. The van der Waals surface area contributed by atoms with Crippen LogP contribution >= 0.6 is 0 Å². The highest BCUT2D eigenvalue weighted by atomic mass is 16.3. The third-order valence-corrected chi connectivity index (χ3v) is 7.55. The van der Waals surface area contributed by atoms with Gasteiger partial charge in [-0.15, -0.1) is 0 Å². The largest absolute Gasteiger partial charge is 0.468 e. The van der Waals surface area contributed by atoms with Crippen LogP contribution in [0.5, 0.6) is 0 Å². The maximum absolute atomic E-state index is 6.13. The lowest BCUT2D eigenvalue weighted by atomic mass is 9.78. The first-order valence-corrected chi connectivity index (χ1v) is 12.4. The van der Waals surface area contributed by atoms with Crippen LogP contribution in [-0.2, 0) is 5.41 Å². The molecule has 6 aromatic rings. The van der Waals surface area contributed by atoms with Gasteiger partial charge in [0.15, 0.2) is 0 Å². The lowest BCUT2D eigenvalue weighted by molar-refractivity contribution is 0.432. The van der Waals surface area contributed by atoms with Crippen molar-refractivity contribution in [2.75, 3.05) is 0 Å². The van der Waals surface area contributed by atoms with Crippen molar-refractivity contribution in [2.45, 2.75) is 19.3 Å². The average molecular weight is 464 g/mol. The minimum atomic E-state index is -0.292. The van der Waals surface area contributed by atoms with Crippen LogP contribution in [0.4, 0.5) is 0 Å². The Bertz CT molecular complexity index is 1770. The highest BCUT2D eigenvalue weighted by molar-refractivity contribution is 5.92. The number of benzene rings is 4. The molecule has 0 radical (unpaired) electrons. The lowest BCUT2D eigenvalue weighted by Gasteiger charge is -2.26. The molecule has 7 rings (SSSR count). The molecule has 0 saturated carbocycles. The van der Waals surface area contributed by atoms with Crippen molar-refractivity contribution >= 4 is 10.9 Å². The number of pyridine rings is 1. The Kier molecular flexibility index (Phi) is 4.52. The van der Waals surface area contributed by atoms with Crippen LogP contribution in [-0.4, -0.2) is 4.98 Å². The highest BCUT2D eigenvalue weighted by Crippen LogP contribution is 2.50. The summed E-state index contributed by atoms with van der Waals surface area (Å²) < 4.78 is 6.13. The zero-order valence-corrected chi connectivity index (χ0v) is 20.3. The smallest absolute Gasteiger partial charge is 0.121 e. The van der Waals surface area contributed by atoms with Gasteiger partial charge in [-0.25, -0.2) is 4.98 Å². The van der Waals surface area contributed by atoms with E-state index < -0.39 is 0 Å². The lowest BCUT2D eigenvalue weighted by Crippen LogP contribution is -2.19. The van der Waals surface area contributed by atoms with Crippen LogP contribution in [0.3, 0.4) is 0 Å². The molecule has 2 nitrogen and oxygen atoms in total. The molecule has 0 bridgehead atoms. The maximum Gasteiger partial charge on any atom is 0.121 e. The predicted molar refractivity (Wildman–Crippen MR) is 148 cm³/mol. The van der Waals surface area contributed by atoms with E-state index in [1.807, 2.05) is 12.3 Å². The van der Waals surface area contributed by atoms with Gasteiger partial charge >= 0.3 is 0 Å². The van der Waals surface area contributed by atoms with E-state index in [2.05, 4.69) is 117 Å². The number of rotatable bonds is 2. The van der Waals surface area contributed by atoms with E-state index >= 15 is 0 Å². The summed E-state index contributed by atoms with van der Waals surface area (Å²) in [7, 11) is 0. The third kappa shape index (κ3) is 3.08. The van der Waals surface area contributed by atoms with E-state index in [0.717, 1.165) is 27.9 Å². The summed E-state index contributed by atoms with van der Waals surface area (Å²) in [4.78, 5) is 5.00. The third-order valence-electron chi connectivity index (χ3n) is 7.55. The monoisotopic (exact) mass is 463 g/mol. The summed E-state index contributed by atoms with van der Waals surface area (Å²) in [6.07, 6.45) is 1.82. The van der Waals surface area contributed by atoms with Crippen molar-refractivity contribution in [1.82, 2.24) is 4.98 Å². The second kappa shape index (κ2) is 7.79. The van der Waals surface area contributed by atoms with Crippen LogP contribution in [0.1, 0.15) is 25.2 Å². The van der Waals surface area contributed by atoms with E-state index in [9.17, 15) is 0 Å². The first-order valence-electron chi connectivity index (χ1n) is 12.4. The summed E-state index contributed by atoms with van der Waals surface area (Å²) in [5.41, 5.74) is 11.4. The number of hydrogen-bond donors (Lipinski definition) is 0. The zero-order chi connectivity index (χ0) is 24.3. The summed E-state index contributed by atoms with van der Waals surface area (Å²) in [5, 5.41) is 1.15. The minimum Gasteiger partial charge on any atom is -0.468 e. The Labute approximate surface area is 210 Å². The molecule has 0 N–H and O–H groups in total. The number of fused-ring (bicyclic) bond motifs is 6. The number of nitrogens with zero attached hydrogens (tertiary/aromatic N) is 1. The number of hydrogen-bond acceptors (Lipinski definition) is 2. The van der Waals surface area contributed by atoms with Gasteiger partial charge in [-0.2, -0.15) is 0 Å². The maximum atomic E-state index is 6.13. The summed E-state index contributed by atoms with van der Waals surface area (Å²) in [5.74, 6) is 1.01. The topological polar surface area (TPSA) is 26.0 Å². The van der Waals surface area contributed by atoms with Crippen molar-refractivity contribution in [3.63, 3.8) is 0 Å². The second-order valence-electron chi connectivity index (χ2n) is 10.0. The molecule has 0 unspecified atom stereocenters. The average Bonchev–Trinajstić information content (AvgIpc) is 3.41. The van der Waals surface area contributed by atoms with Crippen molar-refractivity contribution in [2.24, 2.45) is 0 Å². The van der Waals surface area contributed by atoms with Crippen molar-refractivity contribution in [3.8, 4) is 44.6 Å². The van der Waals surface area contributed by atoms with Gasteiger partial charge < -0.3 is 4.42 Å². The minimum absolute atomic E-state index is 0.292. The molecule has 36 heavy (non-hydrogen) atoms. The highest BCUT2D eigenvalue weighted by Gasteiger charge is 2.36. The van der Waals surface area contributed by atoms with E-state index in [1.54, 1.807) is 0 Å². The standard InChI is InChI=1S/C34H25NO/c1-34(2)30-21-23(15-17-27(30)25-11-5-6-12-26(25)29-19-20-36-33(29)34)24-10-4-7-13-28(24)32-18-16-22-9-3-8-14-31(22)35-32/h3-21H,1-2H3. The number of para-hydroxylation sites is 1. The first-order chi connectivity index (χ1) is 17.6. The first kappa shape index (κ1) is 20.9. The molecule has 2 heteroatoms. The Morgan fingerprint density at radius 3 is 2.11 bits per heavy atom. The molecule has 1 aliphatic rings. The van der Waals surface area contributed by atoms with Gasteiger partial charge in [-0.3, -0.25) is 0 Å².